The third-order valence-electron chi connectivity index (χ3n) is 5.66. The summed E-state index contributed by atoms with van der Waals surface area (Å²) in [6.07, 6.45) is 1.84. The summed E-state index contributed by atoms with van der Waals surface area (Å²) in [5, 5.41) is 4.28. The average molecular weight is 407 g/mol. The molecule has 4 rings (SSSR count). The topological polar surface area (TPSA) is 42.3 Å². The second-order valence-electron chi connectivity index (χ2n) is 7.27. The van der Waals surface area contributed by atoms with Crippen molar-refractivity contribution in [3.05, 3.63) is 77.4 Å². The van der Waals surface area contributed by atoms with Crippen molar-refractivity contribution < 1.29 is 4.74 Å². The van der Waals surface area contributed by atoms with Crippen molar-refractivity contribution >= 4 is 17.3 Å². The predicted molar refractivity (Wildman–Crippen MR) is 120 cm³/mol. The van der Waals surface area contributed by atoms with Gasteiger partial charge in [0.2, 0.25) is 0 Å². The monoisotopic (exact) mass is 406 g/mol. The molecule has 2 aromatic heterocycles. The molecule has 6 heteroatoms. The van der Waals surface area contributed by atoms with Crippen LogP contribution in [0.1, 0.15) is 41.7 Å². The summed E-state index contributed by atoms with van der Waals surface area (Å²) in [5.74, 6) is 0.856. The average Bonchev–Trinajstić information content (AvgIpc) is 3.23. The van der Waals surface area contributed by atoms with Gasteiger partial charge >= 0.3 is 0 Å². The minimum absolute atomic E-state index is 0.0217. The van der Waals surface area contributed by atoms with E-state index < -0.39 is 0 Å². The van der Waals surface area contributed by atoms with E-state index in [1.165, 1.54) is 17.0 Å². The number of thiocarbonyl (C=S) groups is 1. The number of likely N-dealkylation sites (N-methyl/N-ethyl adjacent to an activating group) is 1. The molecule has 3 aromatic rings. The molecular weight excluding hydrogens is 380 g/mol. The van der Waals surface area contributed by atoms with E-state index in [0.29, 0.717) is 0 Å². The van der Waals surface area contributed by atoms with E-state index in [4.69, 9.17) is 17.0 Å². The summed E-state index contributed by atoms with van der Waals surface area (Å²) < 4.78 is 7.60. The number of nitrogens with zero attached hydrogens (tertiary/aromatic N) is 3. The highest BCUT2D eigenvalue weighted by Crippen LogP contribution is 2.41. The van der Waals surface area contributed by atoms with E-state index in [9.17, 15) is 0 Å². The zero-order valence-electron chi connectivity index (χ0n) is 17.2. The molecule has 0 saturated carbocycles. The first-order valence-corrected chi connectivity index (χ1v) is 10.3. The largest absolute Gasteiger partial charge is 0.497 e. The molecule has 1 fully saturated rings. The van der Waals surface area contributed by atoms with E-state index in [1.807, 2.05) is 30.5 Å². The summed E-state index contributed by atoms with van der Waals surface area (Å²) in [5.41, 5.74) is 5.80. The molecule has 1 aromatic carbocycles. The third-order valence-corrected chi connectivity index (χ3v) is 6.01. The standard InChI is InChI=1S/C23H26N4OS/c1-5-26-22(21(25-23(26)29)20-8-6-7-13-24-20)19-14-15(2)27(16(19)3)17-9-11-18(28-4)12-10-17/h6-14,21-22H,5H2,1-4H3,(H,25,29)/t21-,22+/m0/s1. The lowest BCUT2D eigenvalue weighted by Gasteiger charge is -2.27. The van der Waals surface area contributed by atoms with Crippen LogP contribution in [0.2, 0.25) is 0 Å². The number of pyridine rings is 1. The lowest BCUT2D eigenvalue weighted by Crippen LogP contribution is -2.29. The van der Waals surface area contributed by atoms with Crippen molar-refractivity contribution in [2.24, 2.45) is 0 Å². The smallest absolute Gasteiger partial charge is 0.170 e. The molecule has 1 N–H and O–H groups in total. The Morgan fingerprint density at radius 3 is 2.52 bits per heavy atom. The number of aryl methyl sites for hydroxylation is 1. The van der Waals surface area contributed by atoms with E-state index in [1.54, 1.807) is 7.11 Å². The summed E-state index contributed by atoms with van der Waals surface area (Å²) in [6.45, 7) is 7.31. The van der Waals surface area contributed by atoms with Crippen molar-refractivity contribution in [3.63, 3.8) is 0 Å². The minimum atomic E-state index is 0.0217. The Labute approximate surface area is 177 Å². The molecule has 0 spiro atoms. The van der Waals surface area contributed by atoms with Gasteiger partial charge in [-0.15, -0.1) is 0 Å². The zero-order valence-corrected chi connectivity index (χ0v) is 18.0. The Morgan fingerprint density at radius 1 is 1.14 bits per heavy atom. The van der Waals surface area contributed by atoms with E-state index in [2.05, 4.69) is 64.8 Å². The van der Waals surface area contributed by atoms with Crippen LogP contribution in [-0.2, 0) is 0 Å². The Kier molecular flexibility index (Phi) is 5.28. The van der Waals surface area contributed by atoms with Crippen LogP contribution in [0.4, 0.5) is 0 Å². The summed E-state index contributed by atoms with van der Waals surface area (Å²) in [7, 11) is 1.69. The lowest BCUT2D eigenvalue weighted by atomic mass is 9.97. The highest BCUT2D eigenvalue weighted by Gasteiger charge is 2.40. The van der Waals surface area contributed by atoms with Crippen LogP contribution < -0.4 is 10.1 Å². The van der Waals surface area contributed by atoms with E-state index in [0.717, 1.165) is 28.8 Å². The summed E-state index contributed by atoms with van der Waals surface area (Å²) in [4.78, 5) is 6.87. The fraction of sp³-hybridized carbons (Fsp3) is 0.304. The second kappa shape index (κ2) is 7.87. The van der Waals surface area contributed by atoms with Gasteiger partial charge in [0.15, 0.2) is 5.11 Å². The normalized spacial score (nSPS) is 18.8. The van der Waals surface area contributed by atoms with Gasteiger partial charge in [0, 0.05) is 29.8 Å². The minimum Gasteiger partial charge on any atom is -0.497 e. The van der Waals surface area contributed by atoms with Gasteiger partial charge in [-0.05, 0) is 81.0 Å². The van der Waals surface area contributed by atoms with Gasteiger partial charge in [0.25, 0.3) is 0 Å². The van der Waals surface area contributed by atoms with Gasteiger partial charge in [-0.3, -0.25) is 4.98 Å². The highest BCUT2D eigenvalue weighted by atomic mass is 32.1. The number of hydrogen-bond acceptors (Lipinski definition) is 3. The maximum Gasteiger partial charge on any atom is 0.170 e. The van der Waals surface area contributed by atoms with Crippen LogP contribution in [0, 0.1) is 13.8 Å². The SMILES string of the molecule is CCN1C(=S)N[C@@H](c2ccccn2)[C@H]1c1cc(C)n(-c2ccc(OC)cc2)c1C. The molecule has 1 aliphatic rings. The fourth-order valence-electron chi connectivity index (χ4n) is 4.30. The molecule has 2 atom stereocenters. The van der Waals surface area contributed by atoms with Crippen molar-refractivity contribution in [2.45, 2.75) is 32.9 Å². The van der Waals surface area contributed by atoms with Crippen LogP contribution in [0.15, 0.2) is 54.7 Å². The van der Waals surface area contributed by atoms with Crippen LogP contribution in [0.5, 0.6) is 5.75 Å². The van der Waals surface area contributed by atoms with Crippen LogP contribution in [-0.4, -0.2) is 33.2 Å². The maximum absolute atomic E-state index is 5.66. The molecule has 150 valence electrons. The number of methoxy groups -OCH3 is 1. The first kappa shape index (κ1) is 19.5. The number of nitrogens with one attached hydrogen (secondary N) is 1. The van der Waals surface area contributed by atoms with Gasteiger partial charge in [-0.2, -0.15) is 0 Å². The van der Waals surface area contributed by atoms with E-state index >= 15 is 0 Å². The maximum atomic E-state index is 5.66. The molecule has 0 radical (unpaired) electrons. The summed E-state index contributed by atoms with van der Waals surface area (Å²) >= 11 is 5.66. The summed E-state index contributed by atoms with van der Waals surface area (Å²) in [6, 6.07) is 16.6. The molecule has 0 aliphatic carbocycles. The van der Waals surface area contributed by atoms with Gasteiger partial charge in [0.1, 0.15) is 5.75 Å². The fourth-order valence-corrected chi connectivity index (χ4v) is 4.67. The van der Waals surface area contributed by atoms with Crippen molar-refractivity contribution in [1.82, 2.24) is 19.8 Å². The number of benzene rings is 1. The van der Waals surface area contributed by atoms with E-state index in [-0.39, 0.29) is 12.1 Å². The third kappa shape index (κ3) is 3.38. The molecule has 1 saturated heterocycles. The highest BCUT2D eigenvalue weighted by molar-refractivity contribution is 7.80. The molecule has 0 bridgehead atoms. The Balaban J connectivity index is 1.80. The van der Waals surface area contributed by atoms with Crippen LogP contribution in [0.3, 0.4) is 0 Å². The Bertz CT molecular complexity index is 1010. The van der Waals surface area contributed by atoms with Gasteiger partial charge in [-0.25, -0.2) is 0 Å². The molecule has 0 unspecified atom stereocenters. The van der Waals surface area contributed by atoms with Crippen molar-refractivity contribution in [2.75, 3.05) is 13.7 Å². The predicted octanol–water partition coefficient (Wildman–Crippen LogP) is 4.49. The first-order chi connectivity index (χ1) is 14.0. The molecule has 5 nitrogen and oxygen atoms in total. The lowest BCUT2D eigenvalue weighted by molar-refractivity contribution is 0.329. The number of ether oxygens (including phenoxy) is 1. The number of aromatic nitrogens is 2. The number of rotatable bonds is 5. The van der Waals surface area contributed by atoms with Crippen LogP contribution in [0.25, 0.3) is 5.69 Å². The van der Waals surface area contributed by atoms with Crippen LogP contribution >= 0.6 is 12.2 Å². The van der Waals surface area contributed by atoms with Gasteiger partial charge in [0.05, 0.1) is 24.9 Å². The molecule has 0 amide bonds. The zero-order chi connectivity index (χ0) is 20.5. The van der Waals surface area contributed by atoms with Gasteiger partial charge in [-0.1, -0.05) is 6.07 Å². The number of hydrogen-bond donors (Lipinski definition) is 1. The molecule has 1 aliphatic heterocycles. The second-order valence-corrected chi connectivity index (χ2v) is 7.66. The quantitative estimate of drug-likeness (QED) is 0.633. The van der Waals surface area contributed by atoms with Crippen molar-refractivity contribution in [1.29, 1.82) is 0 Å². The molecule has 29 heavy (non-hydrogen) atoms. The Hall–Kier alpha value is -2.86. The van der Waals surface area contributed by atoms with Gasteiger partial charge < -0.3 is 19.5 Å². The Morgan fingerprint density at radius 2 is 1.90 bits per heavy atom. The molecule has 3 heterocycles. The first-order valence-electron chi connectivity index (χ1n) is 9.86. The van der Waals surface area contributed by atoms with Crippen molar-refractivity contribution in [3.8, 4) is 11.4 Å². The molecular formula is C23H26N4OS.